The third kappa shape index (κ3) is 5.49. The molecule has 1 heterocycles. The highest BCUT2D eigenvalue weighted by Crippen LogP contribution is 2.19. The van der Waals surface area contributed by atoms with Crippen LogP contribution in [0.5, 0.6) is 5.75 Å². The van der Waals surface area contributed by atoms with E-state index in [1.807, 2.05) is 63.8 Å². The molecule has 0 radical (unpaired) electrons. The summed E-state index contributed by atoms with van der Waals surface area (Å²) in [6, 6.07) is 8.19. The Kier molecular flexibility index (Phi) is 6.87. The van der Waals surface area contributed by atoms with Crippen molar-refractivity contribution < 1.29 is 9.53 Å². The van der Waals surface area contributed by atoms with E-state index in [2.05, 4.69) is 15.2 Å². The molecule has 0 saturated carbocycles. The van der Waals surface area contributed by atoms with Crippen LogP contribution in [0.1, 0.15) is 39.1 Å². The number of carbonyl (C=O) groups excluding carboxylic acids is 1. The molecule has 0 fully saturated rings. The lowest BCUT2D eigenvalue weighted by Crippen LogP contribution is -2.43. The Hall–Kier alpha value is -2.02. The van der Waals surface area contributed by atoms with Crippen molar-refractivity contribution in [3.8, 4) is 5.75 Å². The van der Waals surface area contributed by atoms with Crippen LogP contribution in [0.15, 0.2) is 29.4 Å². The van der Waals surface area contributed by atoms with Crippen LogP contribution in [-0.4, -0.2) is 43.8 Å². The van der Waals surface area contributed by atoms with Gasteiger partial charge in [0.05, 0.1) is 5.75 Å². The van der Waals surface area contributed by atoms with E-state index in [9.17, 15) is 4.79 Å². The minimum Gasteiger partial charge on any atom is -0.485 e. The fourth-order valence-electron chi connectivity index (χ4n) is 2.64. The fourth-order valence-corrected chi connectivity index (χ4v) is 3.33. The second-order valence-corrected chi connectivity index (χ2v) is 7.34. The molecule has 2 aromatic rings. The number of nitrogens with zero attached hydrogens (tertiary/aromatic N) is 3. The Morgan fingerprint density at radius 2 is 1.92 bits per heavy atom. The van der Waals surface area contributed by atoms with Crippen LogP contribution in [0, 0.1) is 6.92 Å². The summed E-state index contributed by atoms with van der Waals surface area (Å²) in [5, 5.41) is 7.57. The average molecular weight is 362 g/mol. The van der Waals surface area contributed by atoms with Gasteiger partial charge in [-0.2, -0.15) is 0 Å². The highest BCUT2D eigenvalue weighted by molar-refractivity contribution is 7.99. The van der Waals surface area contributed by atoms with E-state index in [1.165, 1.54) is 11.8 Å². The standard InChI is InChI=1S/C18H26N4O2S/c1-12(2)22(13(3)4)17(23)11-25-18-19-16(20-21-18)10-24-15-9-7-6-8-14(15)5/h6-9,12-13H,10-11H2,1-5H3,(H,19,20,21). The van der Waals surface area contributed by atoms with Crippen LogP contribution in [-0.2, 0) is 11.4 Å². The van der Waals surface area contributed by atoms with Gasteiger partial charge in [-0.3, -0.25) is 9.89 Å². The topological polar surface area (TPSA) is 71.1 Å². The average Bonchev–Trinajstić information content (AvgIpc) is 2.99. The zero-order chi connectivity index (χ0) is 18.4. The summed E-state index contributed by atoms with van der Waals surface area (Å²) in [6.07, 6.45) is 0. The number of aromatic nitrogens is 3. The molecule has 0 saturated heterocycles. The van der Waals surface area contributed by atoms with Gasteiger partial charge < -0.3 is 9.64 Å². The smallest absolute Gasteiger partial charge is 0.233 e. The van der Waals surface area contributed by atoms with Gasteiger partial charge in [0, 0.05) is 12.1 Å². The number of nitrogens with one attached hydrogen (secondary N) is 1. The predicted octanol–water partition coefficient (Wildman–Crippen LogP) is 3.43. The van der Waals surface area contributed by atoms with Gasteiger partial charge in [0.15, 0.2) is 5.82 Å². The van der Waals surface area contributed by atoms with Crippen LogP contribution in [0.3, 0.4) is 0 Å². The number of thioether (sulfide) groups is 1. The Morgan fingerprint density at radius 3 is 2.56 bits per heavy atom. The van der Waals surface area contributed by atoms with E-state index >= 15 is 0 Å². The summed E-state index contributed by atoms with van der Waals surface area (Å²) >= 11 is 1.34. The Morgan fingerprint density at radius 1 is 1.24 bits per heavy atom. The first kappa shape index (κ1) is 19.3. The molecule has 0 bridgehead atoms. The molecule has 1 amide bonds. The number of benzene rings is 1. The van der Waals surface area contributed by atoms with Gasteiger partial charge in [-0.1, -0.05) is 30.0 Å². The largest absolute Gasteiger partial charge is 0.485 e. The lowest BCUT2D eigenvalue weighted by molar-refractivity contribution is -0.131. The number of ether oxygens (including phenoxy) is 1. The maximum atomic E-state index is 12.4. The number of amides is 1. The van der Waals surface area contributed by atoms with Crippen molar-refractivity contribution in [3.63, 3.8) is 0 Å². The maximum Gasteiger partial charge on any atom is 0.233 e. The third-order valence-corrected chi connectivity index (χ3v) is 4.53. The number of carbonyl (C=O) groups is 1. The molecule has 136 valence electrons. The molecule has 0 spiro atoms. The number of aryl methyl sites for hydroxylation is 1. The molecule has 1 aromatic carbocycles. The first-order valence-corrected chi connectivity index (χ1v) is 9.40. The van der Waals surface area contributed by atoms with E-state index in [-0.39, 0.29) is 18.0 Å². The van der Waals surface area contributed by atoms with Crippen LogP contribution >= 0.6 is 11.8 Å². The van der Waals surface area contributed by atoms with E-state index in [0.717, 1.165) is 11.3 Å². The van der Waals surface area contributed by atoms with Crippen molar-refractivity contribution in [2.45, 2.75) is 58.5 Å². The Labute approximate surface area is 153 Å². The highest BCUT2D eigenvalue weighted by Gasteiger charge is 2.20. The highest BCUT2D eigenvalue weighted by atomic mass is 32.2. The van der Waals surface area contributed by atoms with Crippen LogP contribution < -0.4 is 4.74 Å². The number of aromatic amines is 1. The maximum absolute atomic E-state index is 12.4. The van der Waals surface area contributed by atoms with Crippen molar-refractivity contribution in [1.29, 1.82) is 0 Å². The van der Waals surface area contributed by atoms with Gasteiger partial charge >= 0.3 is 0 Å². The molecule has 0 atom stereocenters. The fraction of sp³-hybridized carbons (Fsp3) is 0.500. The number of hydrogen-bond donors (Lipinski definition) is 1. The second-order valence-electron chi connectivity index (χ2n) is 6.40. The number of para-hydroxylation sites is 1. The molecule has 0 aliphatic rings. The number of rotatable bonds is 8. The summed E-state index contributed by atoms with van der Waals surface area (Å²) in [5.74, 6) is 1.89. The minimum atomic E-state index is 0.0949. The van der Waals surface area contributed by atoms with E-state index < -0.39 is 0 Å². The van der Waals surface area contributed by atoms with Crippen molar-refractivity contribution in [2.75, 3.05) is 5.75 Å². The summed E-state index contributed by atoms with van der Waals surface area (Å²) in [7, 11) is 0. The molecular weight excluding hydrogens is 336 g/mol. The van der Waals surface area contributed by atoms with Gasteiger partial charge in [0.1, 0.15) is 12.4 Å². The van der Waals surface area contributed by atoms with Crippen molar-refractivity contribution >= 4 is 17.7 Å². The zero-order valence-corrected chi connectivity index (χ0v) is 16.3. The molecule has 7 heteroatoms. The number of H-pyrrole nitrogens is 1. The lowest BCUT2D eigenvalue weighted by atomic mass is 10.2. The van der Waals surface area contributed by atoms with Crippen molar-refractivity contribution in [1.82, 2.24) is 20.1 Å². The molecule has 6 nitrogen and oxygen atoms in total. The van der Waals surface area contributed by atoms with Gasteiger partial charge in [-0.15, -0.1) is 5.10 Å². The Balaban J connectivity index is 1.87. The van der Waals surface area contributed by atoms with E-state index in [1.54, 1.807) is 0 Å². The molecule has 0 aliphatic carbocycles. The molecule has 1 aromatic heterocycles. The van der Waals surface area contributed by atoms with Crippen molar-refractivity contribution in [2.24, 2.45) is 0 Å². The van der Waals surface area contributed by atoms with E-state index in [0.29, 0.717) is 23.3 Å². The summed E-state index contributed by atoms with van der Waals surface area (Å²) in [4.78, 5) is 18.6. The molecule has 1 N–H and O–H groups in total. The number of hydrogen-bond acceptors (Lipinski definition) is 5. The minimum absolute atomic E-state index is 0.0949. The molecule has 0 aliphatic heterocycles. The third-order valence-electron chi connectivity index (χ3n) is 3.69. The van der Waals surface area contributed by atoms with Gasteiger partial charge in [0.2, 0.25) is 11.1 Å². The molecule has 0 unspecified atom stereocenters. The van der Waals surface area contributed by atoms with Gasteiger partial charge in [-0.05, 0) is 46.2 Å². The van der Waals surface area contributed by atoms with E-state index in [4.69, 9.17) is 4.74 Å². The Bertz CT molecular complexity index is 692. The SMILES string of the molecule is Cc1ccccc1OCc1nc(SCC(=O)N(C(C)C)C(C)C)n[nH]1. The second kappa shape index (κ2) is 8.89. The first-order valence-electron chi connectivity index (χ1n) is 8.42. The predicted molar refractivity (Wildman–Crippen MR) is 99.7 cm³/mol. The zero-order valence-electron chi connectivity index (χ0n) is 15.4. The van der Waals surface area contributed by atoms with Crippen LogP contribution in [0.25, 0.3) is 0 Å². The quantitative estimate of drug-likeness (QED) is 0.729. The lowest BCUT2D eigenvalue weighted by Gasteiger charge is -2.30. The molecular formula is C18H26N4O2S. The van der Waals surface area contributed by atoms with Crippen molar-refractivity contribution in [3.05, 3.63) is 35.7 Å². The summed E-state index contributed by atoms with van der Waals surface area (Å²) in [6.45, 7) is 10.4. The molecule has 2 rings (SSSR count). The molecule has 25 heavy (non-hydrogen) atoms. The summed E-state index contributed by atoms with van der Waals surface area (Å²) < 4.78 is 5.74. The monoisotopic (exact) mass is 362 g/mol. The van der Waals surface area contributed by atoms with Gasteiger partial charge in [-0.25, -0.2) is 4.98 Å². The van der Waals surface area contributed by atoms with Crippen LogP contribution in [0.2, 0.25) is 0 Å². The van der Waals surface area contributed by atoms with Gasteiger partial charge in [0.25, 0.3) is 0 Å². The summed E-state index contributed by atoms with van der Waals surface area (Å²) in [5.41, 5.74) is 1.07. The van der Waals surface area contributed by atoms with Crippen LogP contribution in [0.4, 0.5) is 0 Å². The normalized spacial score (nSPS) is 11.2. The first-order chi connectivity index (χ1) is 11.9.